The summed E-state index contributed by atoms with van der Waals surface area (Å²) in [5.41, 5.74) is 2.66. The number of aromatic nitrogens is 2. The molecule has 4 heterocycles. The molecule has 2 fully saturated rings. The highest BCUT2D eigenvalue weighted by atomic mass is 32.1. The van der Waals surface area contributed by atoms with Crippen LogP contribution in [0.1, 0.15) is 69.5 Å². The molecule has 9 nitrogen and oxygen atoms in total. The number of carbonyl (C=O) groups excluding carboxylic acids is 2. The van der Waals surface area contributed by atoms with Crippen molar-refractivity contribution in [1.82, 2.24) is 14.9 Å². The first-order valence-electron chi connectivity index (χ1n) is 16.0. The van der Waals surface area contributed by atoms with E-state index < -0.39 is 5.54 Å². The maximum Gasteiger partial charge on any atom is 0.341 e. The van der Waals surface area contributed by atoms with Crippen LogP contribution in [0, 0.1) is 24.7 Å². The second-order valence-corrected chi connectivity index (χ2v) is 14.1. The number of amides is 1. The zero-order chi connectivity index (χ0) is 31.5. The highest BCUT2D eigenvalue weighted by molar-refractivity contribution is 7.13. The number of methoxy groups -OCH3 is 1. The SMILES string of the molecule is COc1ccc2c(OC3CC4C(=O)N(C)CCCC/C=C\C5CC56N=C(OC6=O)C4C3)cc(-c3nc(C(C)C)cs3)nc2c1C. The first-order valence-corrected chi connectivity index (χ1v) is 16.9. The molecule has 2 bridgehead atoms. The molecular formula is C35H40N4O5S. The molecule has 3 aromatic rings. The third-order valence-electron chi connectivity index (χ3n) is 9.85. The number of fused-ring (bicyclic) bond motifs is 3. The highest BCUT2D eigenvalue weighted by Crippen LogP contribution is 2.53. The topological polar surface area (TPSA) is 103 Å². The summed E-state index contributed by atoms with van der Waals surface area (Å²) in [4.78, 5) is 43.6. The Morgan fingerprint density at radius 3 is 2.71 bits per heavy atom. The second-order valence-electron chi connectivity index (χ2n) is 13.2. The minimum absolute atomic E-state index is 0.0515. The summed E-state index contributed by atoms with van der Waals surface area (Å²) in [6.07, 6.45) is 8.53. The number of hydrogen-bond acceptors (Lipinski definition) is 9. The van der Waals surface area contributed by atoms with Gasteiger partial charge < -0.3 is 19.1 Å². The molecule has 0 N–H and O–H groups in total. The Balaban J connectivity index is 1.25. The summed E-state index contributed by atoms with van der Waals surface area (Å²) in [5.74, 6) is 1.26. The van der Waals surface area contributed by atoms with Gasteiger partial charge in [0.25, 0.3) is 0 Å². The number of esters is 1. The number of aryl methyl sites for hydroxylation is 1. The standard InChI is InChI=1S/C35H40N4O5S/c1-19(2)27-18-45-32(37-27)26-16-29(23-11-12-28(42-5)20(3)30(23)36-26)43-22-14-24-25(15-22)33(40)39(4)13-9-7-6-8-10-21-17-35(21)34(41)44-31(24)38-35/h8,10-12,16,18-19,21-22,24-25H,6-7,9,13-15,17H2,1-5H3/b10-8-. The van der Waals surface area contributed by atoms with E-state index in [9.17, 15) is 9.59 Å². The number of rotatable bonds is 5. The summed E-state index contributed by atoms with van der Waals surface area (Å²) < 4.78 is 18.3. The number of allylic oxidation sites excluding steroid dienone is 1. The van der Waals surface area contributed by atoms with Gasteiger partial charge in [0.15, 0.2) is 11.4 Å². The molecule has 0 radical (unpaired) electrons. The van der Waals surface area contributed by atoms with E-state index in [0.29, 0.717) is 43.4 Å². The molecule has 7 rings (SSSR count). The third-order valence-corrected chi connectivity index (χ3v) is 10.7. The quantitative estimate of drug-likeness (QED) is 0.235. The van der Waals surface area contributed by atoms with E-state index in [2.05, 4.69) is 31.4 Å². The van der Waals surface area contributed by atoms with Crippen LogP contribution in [0.25, 0.3) is 21.6 Å². The van der Waals surface area contributed by atoms with Gasteiger partial charge in [0.2, 0.25) is 5.91 Å². The van der Waals surface area contributed by atoms with Crippen LogP contribution in [0.5, 0.6) is 11.5 Å². The van der Waals surface area contributed by atoms with Gasteiger partial charge in [-0.3, -0.25) is 4.79 Å². The number of ether oxygens (including phenoxy) is 3. The van der Waals surface area contributed by atoms with Gasteiger partial charge in [0, 0.05) is 41.9 Å². The molecule has 5 atom stereocenters. The minimum Gasteiger partial charge on any atom is -0.496 e. The molecule has 2 aliphatic heterocycles. The summed E-state index contributed by atoms with van der Waals surface area (Å²) >= 11 is 1.57. The maximum atomic E-state index is 13.9. The van der Waals surface area contributed by atoms with Crippen molar-refractivity contribution < 1.29 is 23.8 Å². The van der Waals surface area contributed by atoms with Crippen molar-refractivity contribution in [3.63, 3.8) is 0 Å². The Bertz CT molecular complexity index is 1730. The van der Waals surface area contributed by atoms with Crippen molar-refractivity contribution in [2.75, 3.05) is 20.7 Å². The first-order chi connectivity index (χ1) is 21.7. The molecule has 2 aromatic heterocycles. The number of nitrogens with zero attached hydrogens (tertiary/aromatic N) is 4. The van der Waals surface area contributed by atoms with E-state index in [1.807, 2.05) is 37.1 Å². The molecule has 2 aliphatic carbocycles. The van der Waals surface area contributed by atoms with Gasteiger partial charge in [-0.1, -0.05) is 26.0 Å². The summed E-state index contributed by atoms with van der Waals surface area (Å²) in [6.45, 7) is 6.94. The number of benzene rings is 1. The second kappa shape index (κ2) is 11.5. The van der Waals surface area contributed by atoms with Gasteiger partial charge in [-0.25, -0.2) is 19.8 Å². The zero-order valence-corrected chi connectivity index (χ0v) is 27.4. The van der Waals surface area contributed by atoms with Gasteiger partial charge in [-0.15, -0.1) is 11.3 Å². The molecule has 1 aromatic carbocycles. The molecule has 4 aliphatic rings. The van der Waals surface area contributed by atoms with Gasteiger partial charge in [0.1, 0.15) is 28.3 Å². The summed E-state index contributed by atoms with van der Waals surface area (Å²) in [6, 6.07) is 5.88. The number of carbonyl (C=O) groups is 2. The third kappa shape index (κ3) is 5.30. The largest absolute Gasteiger partial charge is 0.496 e. The van der Waals surface area contributed by atoms with E-state index in [1.54, 1.807) is 18.4 Å². The fourth-order valence-corrected chi connectivity index (χ4v) is 7.97. The van der Waals surface area contributed by atoms with Crippen LogP contribution in [-0.2, 0) is 14.3 Å². The minimum atomic E-state index is -0.816. The van der Waals surface area contributed by atoms with Crippen LogP contribution in [0.2, 0.25) is 0 Å². The van der Waals surface area contributed by atoms with Gasteiger partial charge >= 0.3 is 5.97 Å². The molecule has 236 valence electrons. The first kappa shape index (κ1) is 29.9. The zero-order valence-electron chi connectivity index (χ0n) is 26.5. The molecule has 2 saturated carbocycles. The van der Waals surface area contributed by atoms with Crippen molar-refractivity contribution in [2.45, 2.75) is 76.9 Å². The Labute approximate surface area is 267 Å². The molecule has 10 heteroatoms. The lowest BCUT2D eigenvalue weighted by Crippen LogP contribution is -2.37. The monoisotopic (exact) mass is 628 g/mol. The molecular weight excluding hydrogens is 588 g/mol. The number of thiazole rings is 1. The summed E-state index contributed by atoms with van der Waals surface area (Å²) in [7, 11) is 3.53. The summed E-state index contributed by atoms with van der Waals surface area (Å²) in [5, 5.41) is 3.78. The Morgan fingerprint density at radius 1 is 1.11 bits per heavy atom. The molecule has 1 amide bonds. The Hall–Kier alpha value is -3.79. The van der Waals surface area contributed by atoms with Crippen LogP contribution < -0.4 is 9.47 Å². The van der Waals surface area contributed by atoms with E-state index in [4.69, 9.17) is 29.2 Å². The molecule has 45 heavy (non-hydrogen) atoms. The lowest BCUT2D eigenvalue weighted by molar-refractivity contribution is -0.138. The van der Waals surface area contributed by atoms with E-state index in [0.717, 1.165) is 57.9 Å². The lowest BCUT2D eigenvalue weighted by Gasteiger charge is -2.24. The van der Waals surface area contributed by atoms with Crippen molar-refractivity contribution in [1.29, 1.82) is 0 Å². The van der Waals surface area contributed by atoms with Gasteiger partial charge in [0.05, 0.1) is 30.2 Å². The van der Waals surface area contributed by atoms with Crippen LogP contribution in [0.15, 0.2) is 40.7 Å². The Kier molecular flexibility index (Phi) is 7.66. The van der Waals surface area contributed by atoms with Crippen molar-refractivity contribution >= 4 is 40.0 Å². The predicted molar refractivity (Wildman–Crippen MR) is 174 cm³/mol. The van der Waals surface area contributed by atoms with Crippen LogP contribution >= 0.6 is 11.3 Å². The average Bonchev–Trinajstić information content (AvgIpc) is 3.35. The number of pyridine rings is 1. The molecule has 5 unspecified atom stereocenters. The van der Waals surface area contributed by atoms with Crippen LogP contribution in [0.4, 0.5) is 0 Å². The van der Waals surface area contributed by atoms with Crippen molar-refractivity contribution in [2.24, 2.45) is 22.7 Å². The van der Waals surface area contributed by atoms with Crippen molar-refractivity contribution in [3.8, 4) is 22.2 Å². The predicted octanol–water partition coefficient (Wildman–Crippen LogP) is 6.48. The highest BCUT2D eigenvalue weighted by Gasteiger charge is 2.65. The molecule has 0 saturated heterocycles. The van der Waals surface area contributed by atoms with E-state index in [1.165, 1.54) is 0 Å². The normalized spacial score (nSPS) is 28.8. The lowest BCUT2D eigenvalue weighted by atomic mass is 9.94. The maximum absolute atomic E-state index is 13.9. The van der Waals surface area contributed by atoms with Crippen LogP contribution in [-0.4, -0.2) is 65.0 Å². The smallest absolute Gasteiger partial charge is 0.341 e. The van der Waals surface area contributed by atoms with Gasteiger partial charge in [-0.2, -0.15) is 0 Å². The van der Waals surface area contributed by atoms with Gasteiger partial charge in [-0.05, 0) is 63.5 Å². The van der Waals surface area contributed by atoms with Crippen molar-refractivity contribution in [3.05, 3.63) is 47.0 Å². The fraction of sp³-hybridized carbons (Fsp3) is 0.514. The fourth-order valence-electron chi connectivity index (χ4n) is 7.03. The van der Waals surface area contributed by atoms with E-state index >= 15 is 0 Å². The average molecular weight is 629 g/mol. The number of hydrogen-bond donors (Lipinski definition) is 0. The van der Waals surface area contributed by atoms with E-state index in [-0.39, 0.29) is 35.7 Å². The number of aliphatic imine (C=N–C) groups is 1. The van der Waals surface area contributed by atoms with Crippen LogP contribution in [0.3, 0.4) is 0 Å². The molecule has 1 spiro atoms. The Morgan fingerprint density at radius 2 is 1.93 bits per heavy atom.